The highest BCUT2D eigenvalue weighted by atomic mass is 32.1. The van der Waals surface area contributed by atoms with E-state index in [4.69, 9.17) is 5.26 Å². The van der Waals surface area contributed by atoms with Gasteiger partial charge in [0.25, 0.3) is 0 Å². The van der Waals surface area contributed by atoms with E-state index in [0.29, 0.717) is 0 Å². The zero-order valence-corrected chi connectivity index (χ0v) is 8.69. The van der Waals surface area contributed by atoms with E-state index in [1.54, 1.807) is 11.3 Å². The fraction of sp³-hybridized carbons (Fsp3) is 0.556. The van der Waals surface area contributed by atoms with Crippen molar-refractivity contribution in [2.45, 2.75) is 26.3 Å². The van der Waals surface area contributed by atoms with Crippen molar-refractivity contribution in [1.82, 2.24) is 10.3 Å². The first-order chi connectivity index (χ1) is 6.22. The number of thiazole rings is 1. The molecule has 13 heavy (non-hydrogen) atoms. The molecule has 0 saturated heterocycles. The average molecular weight is 195 g/mol. The summed E-state index contributed by atoms with van der Waals surface area (Å²) in [7, 11) is 0. The number of aromatic nitrogens is 1. The smallest absolute Gasteiger partial charge is 0.0924 e. The maximum atomic E-state index is 8.51. The topological polar surface area (TPSA) is 48.7 Å². The van der Waals surface area contributed by atoms with Crippen LogP contribution in [0.2, 0.25) is 0 Å². The fourth-order valence-corrected chi connectivity index (χ4v) is 1.63. The van der Waals surface area contributed by atoms with Gasteiger partial charge >= 0.3 is 0 Å². The quantitative estimate of drug-likeness (QED) is 0.792. The Balaban J connectivity index is 2.25. The molecule has 4 heteroatoms. The van der Waals surface area contributed by atoms with Crippen LogP contribution in [0.3, 0.4) is 0 Å². The lowest BCUT2D eigenvalue weighted by molar-refractivity contribution is 0.636. The van der Waals surface area contributed by atoms with Crippen molar-refractivity contribution in [1.29, 1.82) is 5.26 Å². The summed E-state index contributed by atoms with van der Waals surface area (Å²) in [6, 6.07) is 2.06. The van der Waals surface area contributed by atoms with Crippen molar-refractivity contribution in [3.63, 3.8) is 0 Å². The highest BCUT2D eigenvalue weighted by Gasteiger charge is 2.00. The maximum absolute atomic E-state index is 8.51. The molecule has 1 heterocycles. The first-order valence-electron chi connectivity index (χ1n) is 4.26. The fourth-order valence-electron chi connectivity index (χ4n) is 0.985. The molecule has 3 nitrogen and oxygen atoms in total. The maximum Gasteiger partial charge on any atom is 0.0924 e. The molecule has 0 fully saturated rings. The van der Waals surface area contributed by atoms with Gasteiger partial charge in [-0.15, -0.1) is 11.3 Å². The normalized spacial score (nSPS) is 12.4. The van der Waals surface area contributed by atoms with E-state index in [2.05, 4.69) is 21.8 Å². The molecule has 0 saturated carbocycles. The lowest BCUT2D eigenvalue weighted by Crippen LogP contribution is -2.26. The van der Waals surface area contributed by atoms with Gasteiger partial charge in [-0.3, -0.25) is 0 Å². The lowest BCUT2D eigenvalue weighted by Gasteiger charge is -2.03. The monoisotopic (exact) mass is 195 g/mol. The average Bonchev–Trinajstić information content (AvgIpc) is 2.51. The highest BCUT2D eigenvalue weighted by molar-refractivity contribution is 7.09. The van der Waals surface area contributed by atoms with Crippen LogP contribution in [0.4, 0.5) is 0 Å². The van der Waals surface area contributed by atoms with Crippen molar-refractivity contribution >= 4 is 11.3 Å². The van der Waals surface area contributed by atoms with Crippen molar-refractivity contribution in [2.24, 2.45) is 0 Å². The van der Waals surface area contributed by atoms with E-state index in [9.17, 15) is 0 Å². The van der Waals surface area contributed by atoms with Gasteiger partial charge in [-0.25, -0.2) is 4.98 Å². The Morgan fingerprint density at radius 3 is 3.08 bits per heavy atom. The van der Waals surface area contributed by atoms with Crippen LogP contribution in [-0.4, -0.2) is 17.6 Å². The molecule has 1 aromatic rings. The summed E-state index contributed by atoms with van der Waals surface area (Å²) in [6.07, 6.45) is 0.899. The van der Waals surface area contributed by atoms with Crippen molar-refractivity contribution in [3.8, 4) is 6.07 Å². The number of nitrogens with zero attached hydrogens (tertiary/aromatic N) is 2. The SMILES string of the molecule is Cc1nc(CCNC(C)C#N)cs1. The molecule has 0 bridgehead atoms. The summed E-state index contributed by atoms with van der Waals surface area (Å²) in [5.41, 5.74) is 1.11. The lowest BCUT2D eigenvalue weighted by atomic mass is 10.3. The Morgan fingerprint density at radius 2 is 2.54 bits per heavy atom. The van der Waals surface area contributed by atoms with Gasteiger partial charge in [0.15, 0.2) is 0 Å². The third kappa shape index (κ3) is 3.53. The van der Waals surface area contributed by atoms with Crippen molar-refractivity contribution in [2.75, 3.05) is 6.54 Å². The van der Waals surface area contributed by atoms with Crippen LogP contribution < -0.4 is 5.32 Å². The predicted molar refractivity (Wildman–Crippen MR) is 53.6 cm³/mol. The summed E-state index contributed by atoms with van der Waals surface area (Å²) in [5, 5.41) is 14.8. The minimum atomic E-state index is -0.0697. The second kappa shape index (κ2) is 4.95. The van der Waals surface area contributed by atoms with Crippen LogP contribution in [0.25, 0.3) is 0 Å². The Morgan fingerprint density at radius 1 is 1.77 bits per heavy atom. The summed E-state index contributed by atoms with van der Waals surface area (Å²) in [5.74, 6) is 0. The number of hydrogen-bond donors (Lipinski definition) is 1. The molecule has 0 aliphatic heterocycles. The minimum Gasteiger partial charge on any atom is -0.302 e. The van der Waals surface area contributed by atoms with E-state index >= 15 is 0 Å². The first-order valence-corrected chi connectivity index (χ1v) is 5.14. The van der Waals surface area contributed by atoms with Gasteiger partial charge in [0.2, 0.25) is 0 Å². The molecule has 1 unspecified atom stereocenters. The predicted octanol–water partition coefficient (Wildman–Crippen LogP) is 1.50. The molecule has 0 spiro atoms. The molecule has 70 valence electrons. The standard InChI is InChI=1S/C9H13N3S/c1-7(5-10)11-4-3-9-6-13-8(2)12-9/h6-7,11H,3-4H2,1-2H3. The third-order valence-electron chi connectivity index (χ3n) is 1.69. The Bertz CT molecular complexity index is 300. The van der Waals surface area contributed by atoms with Crippen LogP contribution in [0.1, 0.15) is 17.6 Å². The molecule has 1 N–H and O–H groups in total. The van der Waals surface area contributed by atoms with Crippen LogP contribution in [0, 0.1) is 18.3 Å². The van der Waals surface area contributed by atoms with Crippen LogP contribution in [0.15, 0.2) is 5.38 Å². The van der Waals surface area contributed by atoms with E-state index in [1.165, 1.54) is 0 Å². The van der Waals surface area contributed by atoms with Crippen LogP contribution >= 0.6 is 11.3 Å². The number of rotatable bonds is 4. The minimum absolute atomic E-state index is 0.0697. The molecule has 0 amide bonds. The molecular formula is C9H13N3S. The van der Waals surface area contributed by atoms with Gasteiger partial charge in [0, 0.05) is 18.3 Å². The van der Waals surface area contributed by atoms with Gasteiger partial charge < -0.3 is 5.32 Å². The van der Waals surface area contributed by atoms with Gasteiger partial charge in [0.1, 0.15) is 0 Å². The summed E-state index contributed by atoms with van der Waals surface area (Å²) in [4.78, 5) is 4.33. The summed E-state index contributed by atoms with van der Waals surface area (Å²) >= 11 is 1.67. The second-order valence-corrected chi connectivity index (χ2v) is 3.97. The van der Waals surface area contributed by atoms with E-state index < -0.39 is 0 Å². The van der Waals surface area contributed by atoms with E-state index in [0.717, 1.165) is 23.7 Å². The second-order valence-electron chi connectivity index (χ2n) is 2.91. The summed E-state index contributed by atoms with van der Waals surface area (Å²) < 4.78 is 0. The van der Waals surface area contributed by atoms with Crippen LogP contribution in [0.5, 0.6) is 0 Å². The number of nitriles is 1. The molecule has 0 aliphatic rings. The largest absolute Gasteiger partial charge is 0.302 e. The number of hydrogen-bond acceptors (Lipinski definition) is 4. The molecular weight excluding hydrogens is 182 g/mol. The molecule has 0 aromatic carbocycles. The molecule has 1 atom stereocenters. The molecule has 1 aromatic heterocycles. The third-order valence-corrected chi connectivity index (χ3v) is 2.51. The van der Waals surface area contributed by atoms with E-state index in [1.807, 2.05) is 13.8 Å². The Hall–Kier alpha value is -0.920. The Labute approximate surface area is 82.4 Å². The zero-order chi connectivity index (χ0) is 9.68. The van der Waals surface area contributed by atoms with Crippen LogP contribution in [-0.2, 0) is 6.42 Å². The Kier molecular flexibility index (Phi) is 3.87. The van der Waals surface area contributed by atoms with Crippen molar-refractivity contribution < 1.29 is 0 Å². The van der Waals surface area contributed by atoms with E-state index in [-0.39, 0.29) is 6.04 Å². The van der Waals surface area contributed by atoms with Gasteiger partial charge in [-0.1, -0.05) is 0 Å². The molecule has 0 radical (unpaired) electrons. The van der Waals surface area contributed by atoms with Gasteiger partial charge in [0.05, 0.1) is 22.8 Å². The highest BCUT2D eigenvalue weighted by Crippen LogP contribution is 2.07. The number of aryl methyl sites for hydroxylation is 1. The first kappa shape index (κ1) is 10.2. The summed E-state index contributed by atoms with van der Waals surface area (Å²) in [6.45, 7) is 4.67. The molecule has 0 aliphatic carbocycles. The van der Waals surface area contributed by atoms with Gasteiger partial charge in [-0.2, -0.15) is 5.26 Å². The van der Waals surface area contributed by atoms with Crippen molar-refractivity contribution in [3.05, 3.63) is 16.1 Å². The van der Waals surface area contributed by atoms with Gasteiger partial charge in [-0.05, 0) is 13.8 Å². The zero-order valence-electron chi connectivity index (χ0n) is 7.87. The molecule has 1 rings (SSSR count). The number of nitrogens with one attached hydrogen (secondary N) is 1.